The van der Waals surface area contributed by atoms with Crippen LogP contribution in [0.15, 0.2) is 36.4 Å². The Hall–Kier alpha value is -1.70. The van der Waals surface area contributed by atoms with E-state index < -0.39 is 0 Å². The third-order valence-corrected chi connectivity index (χ3v) is 4.70. The molecule has 2 aromatic carbocycles. The molecule has 3 heteroatoms. The monoisotopic (exact) mass is 494 g/mol. The molecule has 2 aromatic heterocycles. The molecule has 24 heavy (non-hydrogen) atoms. The SMILES string of the molecule is CCCCc1c(C)nc2c3[c-]cccc3c3ccc(C)cc3n12.[Ir]. The Kier molecular flexibility index (Phi) is 4.76. The number of aromatic nitrogens is 2. The molecule has 0 aliphatic carbocycles. The van der Waals surface area contributed by atoms with Crippen molar-refractivity contribution in [2.75, 3.05) is 0 Å². The molecule has 0 bridgehead atoms. The van der Waals surface area contributed by atoms with Gasteiger partial charge in [-0.25, -0.2) is 0 Å². The molecule has 0 amide bonds. The first-order chi connectivity index (χ1) is 11.2. The molecule has 0 saturated heterocycles. The third kappa shape index (κ3) is 2.56. The van der Waals surface area contributed by atoms with Crippen LogP contribution in [0.25, 0.3) is 27.3 Å². The van der Waals surface area contributed by atoms with Gasteiger partial charge in [0, 0.05) is 37.0 Å². The van der Waals surface area contributed by atoms with Crippen LogP contribution in [0.2, 0.25) is 0 Å². The maximum absolute atomic E-state index is 4.91. The molecular weight excluding hydrogens is 472 g/mol. The molecule has 0 fully saturated rings. The standard InChI is InChI=1S/C21H21N2.Ir/c1-4-5-10-19-15(3)22-21-18-9-7-6-8-16(18)17-12-11-14(2)13-20(17)23(19)21;/h6-8,11-13H,4-5,10H2,1-3H3;/q-1;. The van der Waals surface area contributed by atoms with Crippen LogP contribution in [0.3, 0.4) is 0 Å². The average Bonchev–Trinajstić information content (AvgIpc) is 2.89. The van der Waals surface area contributed by atoms with Crippen molar-refractivity contribution < 1.29 is 20.1 Å². The number of benzene rings is 2. The van der Waals surface area contributed by atoms with Gasteiger partial charge in [-0.3, -0.25) is 4.98 Å². The zero-order valence-electron chi connectivity index (χ0n) is 14.3. The van der Waals surface area contributed by atoms with Crippen molar-refractivity contribution in [2.45, 2.75) is 40.0 Å². The van der Waals surface area contributed by atoms with Gasteiger partial charge < -0.3 is 4.40 Å². The van der Waals surface area contributed by atoms with Gasteiger partial charge >= 0.3 is 0 Å². The minimum Gasteiger partial charge on any atom is -0.337 e. The number of imidazole rings is 1. The van der Waals surface area contributed by atoms with Crippen LogP contribution in [-0.4, -0.2) is 9.38 Å². The van der Waals surface area contributed by atoms with Gasteiger partial charge in [0.05, 0.1) is 5.65 Å². The normalized spacial score (nSPS) is 11.3. The number of hydrogen-bond acceptors (Lipinski definition) is 1. The summed E-state index contributed by atoms with van der Waals surface area (Å²) in [4.78, 5) is 4.91. The second-order valence-electron chi connectivity index (χ2n) is 6.39. The number of hydrogen-bond donors (Lipinski definition) is 0. The molecule has 0 spiro atoms. The van der Waals surface area contributed by atoms with Crippen molar-refractivity contribution in [3.8, 4) is 0 Å². The van der Waals surface area contributed by atoms with E-state index in [4.69, 9.17) is 4.98 Å². The first kappa shape index (κ1) is 17.1. The van der Waals surface area contributed by atoms with Gasteiger partial charge in [0.15, 0.2) is 0 Å². The molecule has 2 heterocycles. The van der Waals surface area contributed by atoms with Crippen LogP contribution in [0.5, 0.6) is 0 Å². The van der Waals surface area contributed by atoms with E-state index in [1.165, 1.54) is 40.4 Å². The van der Waals surface area contributed by atoms with E-state index in [9.17, 15) is 0 Å². The van der Waals surface area contributed by atoms with Crippen LogP contribution >= 0.6 is 0 Å². The van der Waals surface area contributed by atoms with Crippen molar-refractivity contribution in [1.82, 2.24) is 9.38 Å². The first-order valence-electron chi connectivity index (χ1n) is 8.41. The summed E-state index contributed by atoms with van der Waals surface area (Å²) in [6.45, 7) is 6.53. The molecule has 0 saturated carbocycles. The average molecular weight is 494 g/mol. The summed E-state index contributed by atoms with van der Waals surface area (Å²) < 4.78 is 2.37. The summed E-state index contributed by atoms with van der Waals surface area (Å²) in [5, 5.41) is 3.64. The fourth-order valence-electron chi connectivity index (χ4n) is 3.53. The van der Waals surface area contributed by atoms with E-state index in [-0.39, 0.29) is 20.1 Å². The Morgan fingerprint density at radius 1 is 1.12 bits per heavy atom. The molecule has 0 N–H and O–H groups in total. The number of rotatable bonds is 3. The molecule has 4 aromatic rings. The quantitative estimate of drug-likeness (QED) is 0.276. The molecule has 0 aliphatic rings. The van der Waals surface area contributed by atoms with E-state index in [2.05, 4.69) is 61.6 Å². The van der Waals surface area contributed by atoms with Crippen LogP contribution < -0.4 is 0 Å². The van der Waals surface area contributed by atoms with Gasteiger partial charge in [-0.15, -0.1) is 29.7 Å². The van der Waals surface area contributed by atoms with Gasteiger partial charge in [0.25, 0.3) is 0 Å². The Morgan fingerprint density at radius 3 is 2.75 bits per heavy atom. The summed E-state index contributed by atoms with van der Waals surface area (Å²) in [6.07, 6.45) is 3.46. The molecule has 0 atom stereocenters. The van der Waals surface area contributed by atoms with E-state index in [1.54, 1.807) is 0 Å². The van der Waals surface area contributed by atoms with E-state index in [0.717, 1.165) is 23.1 Å². The van der Waals surface area contributed by atoms with Crippen molar-refractivity contribution in [1.29, 1.82) is 0 Å². The molecule has 4 rings (SSSR count). The molecule has 0 unspecified atom stereocenters. The van der Waals surface area contributed by atoms with Crippen molar-refractivity contribution in [3.63, 3.8) is 0 Å². The largest absolute Gasteiger partial charge is 0.337 e. The van der Waals surface area contributed by atoms with Crippen molar-refractivity contribution >= 4 is 27.3 Å². The second kappa shape index (κ2) is 6.66. The molecule has 125 valence electrons. The van der Waals surface area contributed by atoms with Gasteiger partial charge in [0.2, 0.25) is 0 Å². The summed E-state index contributed by atoms with van der Waals surface area (Å²) in [6, 6.07) is 16.3. The summed E-state index contributed by atoms with van der Waals surface area (Å²) in [7, 11) is 0. The smallest absolute Gasteiger partial charge is 0.0614 e. The number of nitrogens with zero attached hydrogens (tertiary/aromatic N) is 2. The predicted molar refractivity (Wildman–Crippen MR) is 97.1 cm³/mol. The minimum atomic E-state index is 0. The fraction of sp³-hybridized carbons (Fsp3) is 0.286. The van der Waals surface area contributed by atoms with Crippen LogP contribution in [0.4, 0.5) is 0 Å². The first-order valence-corrected chi connectivity index (χ1v) is 8.41. The number of pyridine rings is 1. The molecular formula is C21H21IrN2-. The van der Waals surface area contributed by atoms with Gasteiger partial charge in [-0.2, -0.15) is 0 Å². The molecule has 0 aliphatic heterocycles. The Balaban J connectivity index is 0.00000169. The van der Waals surface area contributed by atoms with Gasteiger partial charge in [0.1, 0.15) is 0 Å². The Morgan fingerprint density at radius 2 is 1.96 bits per heavy atom. The fourth-order valence-corrected chi connectivity index (χ4v) is 3.53. The minimum absolute atomic E-state index is 0. The zero-order valence-corrected chi connectivity index (χ0v) is 16.7. The molecule has 1 radical (unpaired) electrons. The van der Waals surface area contributed by atoms with E-state index in [1.807, 2.05) is 6.07 Å². The molecule has 2 nitrogen and oxygen atoms in total. The Bertz CT molecular complexity index is 1030. The topological polar surface area (TPSA) is 17.3 Å². The summed E-state index contributed by atoms with van der Waals surface area (Å²) in [5.74, 6) is 0. The maximum atomic E-state index is 4.91. The van der Waals surface area contributed by atoms with Crippen LogP contribution in [0.1, 0.15) is 36.7 Å². The van der Waals surface area contributed by atoms with E-state index >= 15 is 0 Å². The van der Waals surface area contributed by atoms with Crippen molar-refractivity contribution in [2.24, 2.45) is 0 Å². The van der Waals surface area contributed by atoms with Crippen LogP contribution in [0, 0.1) is 19.9 Å². The summed E-state index contributed by atoms with van der Waals surface area (Å²) >= 11 is 0. The van der Waals surface area contributed by atoms with Gasteiger partial charge in [-0.05, 0) is 43.7 Å². The van der Waals surface area contributed by atoms with Crippen molar-refractivity contribution in [3.05, 3.63) is 59.4 Å². The number of fused-ring (bicyclic) bond motifs is 6. The maximum Gasteiger partial charge on any atom is 0.0614 e. The second-order valence-corrected chi connectivity index (χ2v) is 6.39. The van der Waals surface area contributed by atoms with Gasteiger partial charge in [-0.1, -0.05) is 30.9 Å². The Labute approximate surface area is 156 Å². The summed E-state index contributed by atoms with van der Waals surface area (Å²) in [5.41, 5.74) is 6.08. The van der Waals surface area contributed by atoms with E-state index in [0.29, 0.717) is 0 Å². The third-order valence-electron chi connectivity index (χ3n) is 4.70. The zero-order chi connectivity index (χ0) is 16.0. The predicted octanol–water partition coefficient (Wildman–Crippen LogP) is 5.40. The number of aryl methyl sites for hydroxylation is 3. The van der Waals surface area contributed by atoms with Crippen LogP contribution in [-0.2, 0) is 26.5 Å². The number of unbranched alkanes of at least 4 members (excludes halogenated alkanes) is 1.